The van der Waals surface area contributed by atoms with Crippen molar-refractivity contribution in [3.05, 3.63) is 53.7 Å². The minimum Gasteiger partial charge on any atom is -0.329 e. The number of carbonyl (C=O) groups is 1. The van der Waals surface area contributed by atoms with Gasteiger partial charge in [0, 0.05) is 24.6 Å². The van der Waals surface area contributed by atoms with E-state index in [4.69, 9.17) is 0 Å². The van der Waals surface area contributed by atoms with Gasteiger partial charge in [-0.25, -0.2) is 4.98 Å². The fourth-order valence-corrected chi connectivity index (χ4v) is 3.35. The van der Waals surface area contributed by atoms with Gasteiger partial charge < -0.3 is 9.30 Å². The number of nitrogens with one attached hydrogen (secondary N) is 1. The lowest BCUT2D eigenvalue weighted by molar-refractivity contribution is 0.0600. The minimum atomic E-state index is -0.00704. The molecule has 1 amide bonds. The van der Waals surface area contributed by atoms with E-state index in [-0.39, 0.29) is 11.9 Å². The largest absolute Gasteiger partial charge is 0.329 e. The molecular formula is C17H19N5O. The van der Waals surface area contributed by atoms with Gasteiger partial charge in [-0.15, -0.1) is 0 Å². The number of rotatable bonds is 2. The van der Waals surface area contributed by atoms with Crippen LogP contribution >= 0.6 is 0 Å². The summed E-state index contributed by atoms with van der Waals surface area (Å²) in [6.45, 7) is 2.77. The van der Waals surface area contributed by atoms with Gasteiger partial charge >= 0.3 is 0 Å². The van der Waals surface area contributed by atoms with E-state index in [1.807, 2.05) is 46.7 Å². The summed E-state index contributed by atoms with van der Waals surface area (Å²) in [5, 5.41) is 7.04. The molecule has 3 aromatic heterocycles. The zero-order valence-corrected chi connectivity index (χ0v) is 13.1. The summed E-state index contributed by atoms with van der Waals surface area (Å²) in [5.41, 5.74) is 3.38. The molecule has 0 bridgehead atoms. The Morgan fingerprint density at radius 3 is 3.00 bits per heavy atom. The van der Waals surface area contributed by atoms with Crippen molar-refractivity contribution in [2.24, 2.45) is 0 Å². The third kappa shape index (κ3) is 2.40. The number of aryl methyl sites for hydroxylation is 1. The summed E-state index contributed by atoms with van der Waals surface area (Å²) in [4.78, 5) is 19.4. The first-order valence-electron chi connectivity index (χ1n) is 7.99. The molecule has 1 fully saturated rings. The predicted molar refractivity (Wildman–Crippen MR) is 86.1 cm³/mol. The second kappa shape index (κ2) is 5.53. The molecule has 1 atom stereocenters. The molecule has 0 saturated carbocycles. The second-order valence-electron chi connectivity index (χ2n) is 6.04. The van der Waals surface area contributed by atoms with Crippen molar-refractivity contribution in [3.63, 3.8) is 0 Å². The van der Waals surface area contributed by atoms with E-state index in [1.54, 1.807) is 6.20 Å². The van der Waals surface area contributed by atoms with Gasteiger partial charge in [-0.1, -0.05) is 6.07 Å². The Balaban J connectivity index is 1.69. The van der Waals surface area contributed by atoms with Gasteiger partial charge in [0.05, 0.1) is 11.7 Å². The number of carbonyl (C=O) groups excluding carboxylic acids is 1. The van der Waals surface area contributed by atoms with Gasteiger partial charge in [0.15, 0.2) is 0 Å². The number of piperidine rings is 1. The van der Waals surface area contributed by atoms with E-state index in [0.29, 0.717) is 5.69 Å². The van der Waals surface area contributed by atoms with Crippen molar-refractivity contribution in [2.45, 2.75) is 32.2 Å². The van der Waals surface area contributed by atoms with Crippen LogP contribution in [-0.4, -0.2) is 36.9 Å². The molecule has 6 heteroatoms. The van der Waals surface area contributed by atoms with Crippen LogP contribution < -0.4 is 0 Å². The van der Waals surface area contributed by atoms with Crippen LogP contribution in [0.2, 0.25) is 0 Å². The number of hydrogen-bond donors (Lipinski definition) is 1. The fraction of sp³-hybridized carbons (Fsp3) is 0.353. The van der Waals surface area contributed by atoms with E-state index < -0.39 is 0 Å². The lowest BCUT2D eigenvalue weighted by atomic mass is 9.99. The summed E-state index contributed by atoms with van der Waals surface area (Å²) >= 11 is 0. The first kappa shape index (κ1) is 14.0. The van der Waals surface area contributed by atoms with Crippen molar-refractivity contribution in [1.29, 1.82) is 0 Å². The first-order valence-corrected chi connectivity index (χ1v) is 7.99. The van der Waals surface area contributed by atoms with Crippen LogP contribution in [0.4, 0.5) is 0 Å². The molecule has 0 aliphatic carbocycles. The molecule has 1 aliphatic heterocycles. The Bertz CT molecular complexity index is 836. The van der Waals surface area contributed by atoms with Crippen LogP contribution in [0.15, 0.2) is 36.7 Å². The molecule has 4 rings (SSSR count). The number of nitrogens with zero attached hydrogens (tertiary/aromatic N) is 4. The minimum absolute atomic E-state index is 0.00704. The van der Waals surface area contributed by atoms with Gasteiger partial charge in [0.2, 0.25) is 0 Å². The SMILES string of the molecule is Cc1cccc2nc(C(=O)N3CCCCC3c3ccn[nH]3)cn12. The van der Waals surface area contributed by atoms with E-state index in [2.05, 4.69) is 15.2 Å². The maximum Gasteiger partial charge on any atom is 0.274 e. The van der Waals surface area contributed by atoms with Crippen molar-refractivity contribution in [1.82, 2.24) is 24.5 Å². The molecule has 1 saturated heterocycles. The van der Waals surface area contributed by atoms with E-state index in [9.17, 15) is 4.79 Å². The average Bonchev–Trinajstić information content (AvgIpc) is 3.24. The Kier molecular flexibility index (Phi) is 3.37. The van der Waals surface area contributed by atoms with Gasteiger partial charge in [0.25, 0.3) is 5.91 Å². The zero-order valence-electron chi connectivity index (χ0n) is 13.1. The topological polar surface area (TPSA) is 66.3 Å². The standard InChI is InChI=1S/C17H19N5O/c1-12-5-4-7-16-19-14(11-22(12)16)17(23)21-10-3-2-6-15(21)13-8-9-18-20-13/h4-5,7-9,11,15H,2-3,6,10H2,1H3,(H,18,20). The Morgan fingerprint density at radius 1 is 1.30 bits per heavy atom. The molecule has 23 heavy (non-hydrogen) atoms. The van der Waals surface area contributed by atoms with Crippen LogP contribution in [0.1, 0.15) is 47.2 Å². The Hall–Kier alpha value is -2.63. The van der Waals surface area contributed by atoms with Gasteiger partial charge in [-0.05, 0) is 44.4 Å². The number of aromatic nitrogens is 4. The molecule has 4 heterocycles. The average molecular weight is 309 g/mol. The Labute approximate surface area is 134 Å². The molecule has 1 unspecified atom stereocenters. The number of amides is 1. The maximum absolute atomic E-state index is 13.0. The van der Waals surface area contributed by atoms with Crippen LogP contribution in [0.3, 0.4) is 0 Å². The number of pyridine rings is 1. The number of imidazole rings is 1. The normalized spacial score (nSPS) is 18.5. The third-order valence-corrected chi connectivity index (χ3v) is 4.56. The highest BCUT2D eigenvalue weighted by molar-refractivity contribution is 5.93. The number of aromatic amines is 1. The number of likely N-dealkylation sites (tertiary alicyclic amines) is 1. The monoisotopic (exact) mass is 309 g/mol. The maximum atomic E-state index is 13.0. The molecule has 1 N–H and O–H groups in total. The number of fused-ring (bicyclic) bond motifs is 1. The highest BCUT2D eigenvalue weighted by Crippen LogP contribution is 2.30. The molecule has 0 spiro atoms. The van der Waals surface area contributed by atoms with E-state index in [0.717, 1.165) is 42.8 Å². The summed E-state index contributed by atoms with van der Waals surface area (Å²) < 4.78 is 1.96. The van der Waals surface area contributed by atoms with E-state index >= 15 is 0 Å². The number of hydrogen-bond acceptors (Lipinski definition) is 3. The van der Waals surface area contributed by atoms with Gasteiger partial charge in [-0.3, -0.25) is 9.89 Å². The molecular weight excluding hydrogens is 290 g/mol. The predicted octanol–water partition coefficient (Wildman–Crippen LogP) is 2.73. The zero-order chi connectivity index (χ0) is 15.8. The summed E-state index contributed by atoms with van der Waals surface area (Å²) in [6.07, 6.45) is 6.69. The molecule has 1 aliphatic rings. The smallest absolute Gasteiger partial charge is 0.274 e. The fourth-order valence-electron chi connectivity index (χ4n) is 3.35. The van der Waals surface area contributed by atoms with Crippen LogP contribution in [0.25, 0.3) is 5.65 Å². The molecule has 118 valence electrons. The van der Waals surface area contributed by atoms with E-state index in [1.165, 1.54) is 0 Å². The van der Waals surface area contributed by atoms with Crippen molar-refractivity contribution in [2.75, 3.05) is 6.54 Å². The second-order valence-corrected chi connectivity index (χ2v) is 6.04. The number of H-pyrrole nitrogens is 1. The molecule has 3 aromatic rings. The lowest BCUT2D eigenvalue weighted by Crippen LogP contribution is -2.38. The van der Waals surface area contributed by atoms with Gasteiger partial charge in [-0.2, -0.15) is 5.10 Å². The summed E-state index contributed by atoms with van der Waals surface area (Å²) in [7, 11) is 0. The van der Waals surface area contributed by atoms with Crippen molar-refractivity contribution < 1.29 is 4.79 Å². The van der Waals surface area contributed by atoms with Crippen LogP contribution in [0.5, 0.6) is 0 Å². The van der Waals surface area contributed by atoms with Crippen LogP contribution in [-0.2, 0) is 0 Å². The van der Waals surface area contributed by atoms with Crippen molar-refractivity contribution in [3.8, 4) is 0 Å². The molecule has 0 aromatic carbocycles. The molecule has 6 nitrogen and oxygen atoms in total. The summed E-state index contributed by atoms with van der Waals surface area (Å²) in [6, 6.07) is 7.90. The highest BCUT2D eigenvalue weighted by Gasteiger charge is 2.30. The van der Waals surface area contributed by atoms with Gasteiger partial charge in [0.1, 0.15) is 11.3 Å². The Morgan fingerprint density at radius 2 is 2.22 bits per heavy atom. The first-order chi connectivity index (χ1) is 11.2. The summed E-state index contributed by atoms with van der Waals surface area (Å²) in [5.74, 6) is -0.00704. The quantitative estimate of drug-likeness (QED) is 0.791. The van der Waals surface area contributed by atoms with Crippen LogP contribution in [0, 0.1) is 6.92 Å². The highest BCUT2D eigenvalue weighted by atomic mass is 16.2. The van der Waals surface area contributed by atoms with Crippen molar-refractivity contribution >= 4 is 11.6 Å². The molecule has 0 radical (unpaired) electrons. The lowest BCUT2D eigenvalue weighted by Gasteiger charge is -2.34. The third-order valence-electron chi connectivity index (χ3n) is 4.56.